The maximum atomic E-state index is 13.0. The average Bonchev–Trinajstić information content (AvgIpc) is 3.47. The number of halogens is 4. The van der Waals surface area contributed by atoms with Crippen LogP contribution in [0.5, 0.6) is 0 Å². The van der Waals surface area contributed by atoms with Gasteiger partial charge in [0, 0.05) is 32.0 Å². The van der Waals surface area contributed by atoms with Gasteiger partial charge in [-0.1, -0.05) is 22.8 Å². The van der Waals surface area contributed by atoms with Crippen molar-refractivity contribution in [1.29, 1.82) is 0 Å². The van der Waals surface area contributed by atoms with Crippen LogP contribution in [-0.4, -0.2) is 45.7 Å². The molecule has 3 aromatic rings. The number of anilines is 1. The highest BCUT2D eigenvalue weighted by molar-refractivity contribution is 7.12. The molecule has 0 radical (unpaired) electrons. The Labute approximate surface area is 203 Å². The fourth-order valence-electron chi connectivity index (χ4n) is 3.11. The number of carbonyl (C=O) groups is 1. The summed E-state index contributed by atoms with van der Waals surface area (Å²) in [4.78, 5) is 24.5. The Morgan fingerprint density at radius 3 is 2.76 bits per heavy atom. The van der Waals surface area contributed by atoms with E-state index in [2.05, 4.69) is 15.2 Å². The van der Waals surface area contributed by atoms with Gasteiger partial charge in [-0.25, -0.2) is 4.68 Å². The van der Waals surface area contributed by atoms with E-state index in [4.69, 9.17) is 16.4 Å². The second-order valence-electron chi connectivity index (χ2n) is 7.17. The third-order valence-electron chi connectivity index (χ3n) is 4.72. The molecule has 0 aliphatic carbocycles. The Hall–Kier alpha value is -2.92. The van der Waals surface area contributed by atoms with Gasteiger partial charge in [0.25, 0.3) is 0 Å². The highest BCUT2D eigenvalue weighted by Gasteiger charge is 2.26. The van der Waals surface area contributed by atoms with Crippen molar-refractivity contribution in [3.8, 4) is 5.69 Å². The number of carbonyl (C=O) groups excluding carboxylic acids is 1. The molecule has 0 bridgehead atoms. The maximum Gasteiger partial charge on any atom is 0.389 e. The van der Waals surface area contributed by atoms with Crippen molar-refractivity contribution in [2.24, 2.45) is 5.16 Å². The minimum Gasteiger partial charge on any atom is -0.396 e. The van der Waals surface area contributed by atoms with Crippen molar-refractivity contribution >= 4 is 40.2 Å². The molecule has 0 aliphatic heterocycles. The van der Waals surface area contributed by atoms with Gasteiger partial charge in [-0.05, 0) is 36.9 Å². The summed E-state index contributed by atoms with van der Waals surface area (Å²) in [5.41, 5.74) is 1.67. The largest absolute Gasteiger partial charge is 0.396 e. The topological polar surface area (TPSA) is 72.6 Å². The van der Waals surface area contributed by atoms with Crippen molar-refractivity contribution in [1.82, 2.24) is 14.8 Å². The summed E-state index contributed by atoms with van der Waals surface area (Å²) in [5.74, 6) is -0.198. The zero-order valence-corrected chi connectivity index (χ0v) is 19.9. The third kappa shape index (κ3) is 7.29. The van der Waals surface area contributed by atoms with Crippen molar-refractivity contribution in [2.75, 3.05) is 18.1 Å². The first-order valence-corrected chi connectivity index (χ1v) is 11.8. The van der Waals surface area contributed by atoms with Gasteiger partial charge in [-0.3, -0.25) is 9.78 Å². The number of hydrogen-bond acceptors (Lipinski definition) is 6. The average molecular weight is 514 g/mol. The number of hydrogen-bond donors (Lipinski definition) is 0. The van der Waals surface area contributed by atoms with E-state index in [9.17, 15) is 18.0 Å². The maximum absolute atomic E-state index is 13.0. The van der Waals surface area contributed by atoms with E-state index in [1.807, 2.05) is 30.5 Å². The van der Waals surface area contributed by atoms with Crippen molar-refractivity contribution < 1.29 is 22.8 Å². The molecular formula is C22H23ClF3N5O2S. The predicted octanol–water partition coefficient (Wildman–Crippen LogP) is 5.88. The minimum absolute atomic E-state index is 0.102. The number of nitrogens with zero attached hydrogens (tertiary/aromatic N) is 5. The van der Waals surface area contributed by atoms with E-state index >= 15 is 0 Å². The molecule has 0 spiro atoms. The van der Waals surface area contributed by atoms with Crippen LogP contribution in [0.25, 0.3) is 5.69 Å². The molecule has 0 aliphatic rings. The fourth-order valence-corrected chi connectivity index (χ4v) is 4.07. The second kappa shape index (κ2) is 12.0. The Kier molecular flexibility index (Phi) is 9.05. The van der Waals surface area contributed by atoms with Gasteiger partial charge in [0.2, 0.25) is 5.91 Å². The molecule has 182 valence electrons. The standard InChI is InChI=1S/C22H23ClF3N5O2S/c1-2-30(18-15-31(28-21(18)23)16-6-3-11-27-14-16)20(32)9-8-17(19-7-4-13-34-19)29-33-12-5-10-22(24,25)26/h3-4,6-7,11,13-15H,2,5,8-10,12H2,1H3/b29-17-. The van der Waals surface area contributed by atoms with Gasteiger partial charge in [-0.2, -0.15) is 18.3 Å². The summed E-state index contributed by atoms with van der Waals surface area (Å²) in [6, 6.07) is 7.23. The number of rotatable bonds is 11. The van der Waals surface area contributed by atoms with Crippen LogP contribution in [-0.2, 0) is 9.63 Å². The Morgan fingerprint density at radius 1 is 1.29 bits per heavy atom. The first-order chi connectivity index (χ1) is 16.3. The predicted molar refractivity (Wildman–Crippen MR) is 126 cm³/mol. The molecule has 0 aromatic carbocycles. The molecule has 12 heteroatoms. The van der Waals surface area contributed by atoms with Crippen LogP contribution in [0.2, 0.25) is 5.15 Å². The summed E-state index contributed by atoms with van der Waals surface area (Å²) in [7, 11) is 0. The van der Waals surface area contributed by atoms with Crippen LogP contribution in [0.15, 0.2) is 53.4 Å². The highest BCUT2D eigenvalue weighted by Crippen LogP contribution is 2.27. The van der Waals surface area contributed by atoms with Crippen LogP contribution in [0.3, 0.4) is 0 Å². The highest BCUT2D eigenvalue weighted by atomic mass is 35.5. The summed E-state index contributed by atoms with van der Waals surface area (Å²) >= 11 is 7.73. The SMILES string of the molecule is CCN(C(=O)CC/C(=N/OCCCC(F)(F)F)c1cccs1)c1cn(-c2cccnc2)nc1Cl. The van der Waals surface area contributed by atoms with E-state index in [0.717, 1.165) is 4.88 Å². The van der Waals surface area contributed by atoms with Crippen LogP contribution >= 0.6 is 22.9 Å². The first-order valence-electron chi connectivity index (χ1n) is 10.5. The molecule has 1 amide bonds. The molecule has 0 saturated carbocycles. The monoisotopic (exact) mass is 513 g/mol. The van der Waals surface area contributed by atoms with Gasteiger partial charge < -0.3 is 9.74 Å². The molecule has 0 fully saturated rings. The Bertz CT molecular complexity index is 1090. The van der Waals surface area contributed by atoms with Gasteiger partial charge in [0.15, 0.2) is 5.15 Å². The van der Waals surface area contributed by atoms with E-state index < -0.39 is 12.6 Å². The quantitative estimate of drug-likeness (QED) is 0.182. The number of oxime groups is 1. The molecular weight excluding hydrogens is 491 g/mol. The Morgan fingerprint density at radius 2 is 2.12 bits per heavy atom. The molecule has 3 heterocycles. The van der Waals surface area contributed by atoms with Gasteiger partial charge in [-0.15, -0.1) is 11.3 Å². The van der Waals surface area contributed by atoms with Crippen molar-refractivity contribution in [2.45, 2.75) is 38.8 Å². The molecule has 0 atom stereocenters. The van der Waals surface area contributed by atoms with E-state index in [0.29, 0.717) is 23.6 Å². The number of pyridine rings is 1. The molecule has 3 rings (SSSR count). The summed E-state index contributed by atoms with van der Waals surface area (Å²) in [5, 5.41) is 10.3. The lowest BCUT2D eigenvalue weighted by Crippen LogP contribution is -2.30. The van der Waals surface area contributed by atoms with E-state index in [1.54, 1.807) is 29.3 Å². The lowest BCUT2D eigenvalue weighted by atomic mass is 10.1. The lowest BCUT2D eigenvalue weighted by Gasteiger charge is -2.19. The first kappa shape index (κ1) is 25.7. The third-order valence-corrected chi connectivity index (χ3v) is 5.91. The number of thiophene rings is 1. The van der Waals surface area contributed by atoms with Crippen LogP contribution in [0, 0.1) is 0 Å². The van der Waals surface area contributed by atoms with Crippen LogP contribution in [0.4, 0.5) is 18.9 Å². The lowest BCUT2D eigenvalue weighted by molar-refractivity contribution is -0.137. The molecule has 7 nitrogen and oxygen atoms in total. The van der Waals surface area contributed by atoms with E-state index in [1.165, 1.54) is 16.2 Å². The summed E-state index contributed by atoms with van der Waals surface area (Å²) in [6.45, 7) is 2.04. The van der Waals surface area contributed by atoms with Gasteiger partial charge in [0.05, 0.1) is 28.7 Å². The molecule has 3 aromatic heterocycles. The van der Waals surface area contributed by atoms with Gasteiger partial charge >= 0.3 is 6.18 Å². The number of aromatic nitrogens is 3. The molecule has 0 saturated heterocycles. The molecule has 34 heavy (non-hydrogen) atoms. The fraction of sp³-hybridized carbons (Fsp3) is 0.364. The summed E-state index contributed by atoms with van der Waals surface area (Å²) in [6.07, 6.45) is -0.0617. The molecule has 0 N–H and O–H groups in total. The Balaban J connectivity index is 1.66. The molecule has 0 unspecified atom stereocenters. The van der Waals surface area contributed by atoms with Crippen molar-refractivity contribution in [3.05, 3.63) is 58.3 Å². The van der Waals surface area contributed by atoms with Crippen LogP contribution < -0.4 is 4.90 Å². The summed E-state index contributed by atoms with van der Waals surface area (Å²) < 4.78 is 38.4. The zero-order valence-electron chi connectivity index (χ0n) is 18.3. The smallest absolute Gasteiger partial charge is 0.389 e. The van der Waals surface area contributed by atoms with E-state index in [-0.39, 0.29) is 36.9 Å². The van der Waals surface area contributed by atoms with Gasteiger partial charge in [0.1, 0.15) is 12.3 Å². The normalized spacial score (nSPS) is 12.1. The minimum atomic E-state index is -4.23. The second-order valence-corrected chi connectivity index (χ2v) is 8.47. The van der Waals surface area contributed by atoms with Crippen molar-refractivity contribution in [3.63, 3.8) is 0 Å². The zero-order chi connectivity index (χ0) is 24.6. The van der Waals surface area contributed by atoms with Crippen LogP contribution in [0.1, 0.15) is 37.5 Å². The number of alkyl halides is 3. The number of amides is 1.